The van der Waals surface area contributed by atoms with Crippen LogP contribution >= 0.6 is 12.6 Å². The fourth-order valence-electron chi connectivity index (χ4n) is 2.62. The maximum absolute atomic E-state index is 12.6. The normalized spacial score (nSPS) is 14.7. The summed E-state index contributed by atoms with van der Waals surface area (Å²) in [6, 6.07) is -5.08. The molecule has 1 heterocycles. The Morgan fingerprint density at radius 1 is 1.06 bits per heavy atom. The van der Waals surface area contributed by atoms with E-state index in [2.05, 4.69) is 38.5 Å². The summed E-state index contributed by atoms with van der Waals surface area (Å²) >= 11 is 4.01. The van der Waals surface area contributed by atoms with Crippen LogP contribution in [0.15, 0.2) is 12.5 Å². The second-order valence-corrected chi connectivity index (χ2v) is 7.72. The molecule has 4 unspecified atom stereocenters. The Balaban J connectivity index is 2.82. The molecule has 0 aromatic carbocycles. The minimum absolute atomic E-state index is 0.128. The van der Waals surface area contributed by atoms with Crippen molar-refractivity contribution in [2.75, 3.05) is 5.75 Å². The van der Waals surface area contributed by atoms with Crippen molar-refractivity contribution in [3.8, 4) is 0 Å². The molecule has 0 aliphatic carbocycles. The second kappa shape index (κ2) is 12.7. The van der Waals surface area contributed by atoms with Gasteiger partial charge in [0.25, 0.3) is 0 Å². The summed E-state index contributed by atoms with van der Waals surface area (Å²) in [7, 11) is 0. The molecule has 4 atom stereocenters. The number of hydrogen-bond acceptors (Lipinski definition) is 8. The van der Waals surface area contributed by atoms with E-state index in [1.807, 2.05) is 0 Å². The number of carboxylic acid groups (broad SMARTS) is 2. The maximum atomic E-state index is 12.6. The number of carbonyl (C=O) groups is 5. The highest BCUT2D eigenvalue weighted by molar-refractivity contribution is 7.80. The van der Waals surface area contributed by atoms with Crippen molar-refractivity contribution in [1.82, 2.24) is 25.9 Å². The molecule has 13 nitrogen and oxygen atoms in total. The number of imidazole rings is 1. The van der Waals surface area contributed by atoms with E-state index in [9.17, 15) is 29.1 Å². The molecule has 0 bridgehead atoms. The SMILES string of the molecule is CC(C)C(NC(=O)C(CC(=O)O)NC(=O)C(CS)NC(=O)C(N)Cc1cnc[nH]1)C(=O)O. The number of rotatable bonds is 13. The van der Waals surface area contributed by atoms with Gasteiger partial charge < -0.3 is 36.9 Å². The predicted molar refractivity (Wildman–Crippen MR) is 115 cm³/mol. The van der Waals surface area contributed by atoms with E-state index in [1.54, 1.807) is 13.8 Å². The molecule has 178 valence electrons. The fourth-order valence-corrected chi connectivity index (χ4v) is 2.88. The lowest BCUT2D eigenvalue weighted by molar-refractivity contribution is -0.144. The van der Waals surface area contributed by atoms with Gasteiger partial charge in [-0.05, 0) is 5.92 Å². The van der Waals surface area contributed by atoms with Crippen LogP contribution in [0.2, 0.25) is 0 Å². The minimum atomic E-state index is -1.57. The van der Waals surface area contributed by atoms with Gasteiger partial charge in [0.05, 0.1) is 18.8 Å². The number of nitrogens with zero attached hydrogens (tertiary/aromatic N) is 1. The monoisotopic (exact) mass is 472 g/mol. The zero-order valence-corrected chi connectivity index (χ0v) is 18.5. The highest BCUT2D eigenvalue weighted by Crippen LogP contribution is 2.04. The van der Waals surface area contributed by atoms with Crippen LogP contribution in [0.4, 0.5) is 0 Å². The number of H-pyrrole nitrogens is 1. The van der Waals surface area contributed by atoms with Crippen molar-refractivity contribution < 1.29 is 34.2 Å². The van der Waals surface area contributed by atoms with Crippen molar-refractivity contribution in [1.29, 1.82) is 0 Å². The van der Waals surface area contributed by atoms with Crippen LogP contribution in [0.3, 0.4) is 0 Å². The molecule has 1 aromatic heterocycles. The van der Waals surface area contributed by atoms with Crippen LogP contribution in [0.5, 0.6) is 0 Å². The number of aromatic amines is 1. The summed E-state index contributed by atoms with van der Waals surface area (Å²) in [4.78, 5) is 66.4. The van der Waals surface area contributed by atoms with Gasteiger partial charge in [0.1, 0.15) is 18.1 Å². The largest absolute Gasteiger partial charge is 0.481 e. The van der Waals surface area contributed by atoms with Crippen LogP contribution in [0.25, 0.3) is 0 Å². The van der Waals surface area contributed by atoms with Crippen LogP contribution in [0, 0.1) is 5.92 Å². The molecule has 0 fully saturated rings. The number of thiol groups is 1. The molecule has 1 aromatic rings. The van der Waals surface area contributed by atoms with E-state index < -0.39 is 66.2 Å². The van der Waals surface area contributed by atoms with Crippen molar-refractivity contribution in [2.45, 2.75) is 50.9 Å². The van der Waals surface area contributed by atoms with E-state index in [-0.39, 0.29) is 12.2 Å². The first-order valence-corrected chi connectivity index (χ1v) is 10.3. The van der Waals surface area contributed by atoms with Gasteiger partial charge in [-0.2, -0.15) is 12.6 Å². The van der Waals surface area contributed by atoms with Crippen molar-refractivity contribution in [3.63, 3.8) is 0 Å². The average molecular weight is 473 g/mol. The van der Waals surface area contributed by atoms with Gasteiger partial charge in [0.2, 0.25) is 17.7 Å². The molecule has 0 aliphatic heterocycles. The van der Waals surface area contributed by atoms with E-state index in [1.165, 1.54) is 12.5 Å². The molecule has 0 saturated heterocycles. The lowest BCUT2D eigenvalue weighted by Crippen LogP contribution is -2.58. The van der Waals surface area contributed by atoms with Crippen molar-refractivity contribution in [3.05, 3.63) is 18.2 Å². The lowest BCUT2D eigenvalue weighted by atomic mass is 10.0. The Labute approximate surface area is 189 Å². The van der Waals surface area contributed by atoms with E-state index in [4.69, 9.17) is 10.8 Å². The third kappa shape index (κ3) is 8.55. The Morgan fingerprint density at radius 2 is 1.66 bits per heavy atom. The standard InChI is InChI=1S/C18H28N6O7S/c1-8(2)14(18(30)31)24-16(28)11(4-13(25)26)22-17(29)12(6-32)23-15(27)10(19)3-9-5-20-7-21-9/h5,7-8,10-12,14,32H,3-4,6,19H2,1-2H3,(H,20,21)(H,22,29)(H,23,27)(H,24,28)(H,25,26)(H,30,31). The summed E-state index contributed by atoms with van der Waals surface area (Å²) in [6.45, 7) is 3.12. The van der Waals surface area contributed by atoms with Gasteiger partial charge in [-0.3, -0.25) is 19.2 Å². The average Bonchev–Trinajstić information content (AvgIpc) is 3.21. The van der Waals surface area contributed by atoms with Gasteiger partial charge in [-0.1, -0.05) is 13.8 Å². The fraction of sp³-hybridized carbons (Fsp3) is 0.556. The smallest absolute Gasteiger partial charge is 0.326 e. The summed E-state index contributed by atoms with van der Waals surface area (Å²) in [6.07, 6.45) is 2.25. The summed E-state index contributed by atoms with van der Waals surface area (Å²) in [5.74, 6) is -5.88. The lowest BCUT2D eigenvalue weighted by Gasteiger charge is -2.24. The van der Waals surface area contributed by atoms with E-state index >= 15 is 0 Å². The third-order valence-corrected chi connectivity index (χ3v) is 4.75. The first-order chi connectivity index (χ1) is 15.0. The molecule has 8 N–H and O–H groups in total. The van der Waals surface area contributed by atoms with Crippen molar-refractivity contribution in [2.24, 2.45) is 11.7 Å². The molecule has 1 rings (SSSR count). The van der Waals surface area contributed by atoms with Gasteiger partial charge in [0, 0.05) is 24.1 Å². The maximum Gasteiger partial charge on any atom is 0.326 e. The Morgan fingerprint density at radius 3 is 2.12 bits per heavy atom. The van der Waals surface area contributed by atoms with Crippen molar-refractivity contribution >= 4 is 42.3 Å². The highest BCUT2D eigenvalue weighted by Gasteiger charge is 2.32. The first-order valence-electron chi connectivity index (χ1n) is 9.65. The first kappa shape index (κ1) is 26.9. The number of carbonyl (C=O) groups excluding carboxylic acids is 3. The van der Waals surface area contributed by atoms with Crippen LogP contribution in [0.1, 0.15) is 26.0 Å². The van der Waals surface area contributed by atoms with Crippen LogP contribution in [-0.4, -0.2) is 79.8 Å². The quantitative estimate of drug-likeness (QED) is 0.147. The topological polar surface area (TPSA) is 217 Å². The van der Waals surface area contributed by atoms with Gasteiger partial charge in [-0.15, -0.1) is 0 Å². The predicted octanol–water partition coefficient (Wildman–Crippen LogP) is -2.12. The number of carboxylic acids is 2. The molecular weight excluding hydrogens is 444 g/mol. The summed E-state index contributed by atoms with van der Waals surface area (Å²) in [5.41, 5.74) is 6.43. The van der Waals surface area contributed by atoms with E-state index in [0.717, 1.165) is 0 Å². The second-order valence-electron chi connectivity index (χ2n) is 7.36. The van der Waals surface area contributed by atoms with Crippen LogP contribution in [-0.2, 0) is 30.4 Å². The molecule has 32 heavy (non-hydrogen) atoms. The third-order valence-electron chi connectivity index (χ3n) is 4.39. The molecule has 14 heteroatoms. The zero-order chi connectivity index (χ0) is 24.4. The summed E-state index contributed by atoms with van der Waals surface area (Å²) in [5, 5.41) is 25.1. The van der Waals surface area contributed by atoms with Crippen LogP contribution < -0.4 is 21.7 Å². The van der Waals surface area contributed by atoms with Gasteiger partial charge in [-0.25, -0.2) is 9.78 Å². The molecule has 0 radical (unpaired) electrons. The van der Waals surface area contributed by atoms with Gasteiger partial charge >= 0.3 is 11.9 Å². The highest BCUT2D eigenvalue weighted by atomic mass is 32.1. The Kier molecular flexibility index (Phi) is 10.6. The molecular formula is C18H28N6O7S. The molecule has 0 aliphatic rings. The number of hydrogen-bond donors (Lipinski definition) is 8. The number of aliphatic carboxylic acids is 2. The van der Waals surface area contributed by atoms with Gasteiger partial charge in [0.15, 0.2) is 0 Å². The Hall–Kier alpha value is -3.13. The number of nitrogens with one attached hydrogen (secondary N) is 4. The van der Waals surface area contributed by atoms with E-state index in [0.29, 0.717) is 5.69 Å². The Bertz CT molecular complexity index is 817. The number of nitrogens with two attached hydrogens (primary N) is 1. The zero-order valence-electron chi connectivity index (χ0n) is 17.6. The summed E-state index contributed by atoms with van der Waals surface area (Å²) < 4.78 is 0. The number of aromatic nitrogens is 2. The molecule has 0 spiro atoms. The molecule has 0 saturated carbocycles. The minimum Gasteiger partial charge on any atom is -0.481 e. The molecule has 3 amide bonds. The number of amides is 3.